The number of benzene rings is 1. The summed E-state index contributed by atoms with van der Waals surface area (Å²) in [5, 5.41) is 5.00. The third-order valence-electron chi connectivity index (χ3n) is 2.50. The highest BCUT2D eigenvalue weighted by atomic mass is 19.3. The third-order valence-corrected chi connectivity index (χ3v) is 2.50. The molecule has 0 fully saturated rings. The van der Waals surface area contributed by atoms with Crippen molar-refractivity contribution in [3.05, 3.63) is 23.8 Å². The van der Waals surface area contributed by atoms with Crippen molar-refractivity contribution < 1.29 is 27.8 Å². The van der Waals surface area contributed by atoms with Crippen LogP contribution in [0, 0.1) is 0 Å². The fourth-order valence-corrected chi connectivity index (χ4v) is 1.64. The lowest BCUT2D eigenvalue weighted by Crippen LogP contribution is -2.39. The van der Waals surface area contributed by atoms with Gasteiger partial charge >= 0.3 is 6.61 Å². The zero-order valence-corrected chi connectivity index (χ0v) is 12.5. The summed E-state index contributed by atoms with van der Waals surface area (Å²) in [5.74, 6) is -1.10. The van der Waals surface area contributed by atoms with Crippen LogP contribution in [0.15, 0.2) is 18.2 Å². The summed E-state index contributed by atoms with van der Waals surface area (Å²) in [6.45, 7) is 0.326. The van der Waals surface area contributed by atoms with Crippen molar-refractivity contribution in [1.82, 2.24) is 10.6 Å². The number of rotatable bonds is 7. The molecule has 0 unspecified atom stereocenters. The van der Waals surface area contributed by atoms with E-state index < -0.39 is 12.5 Å². The molecule has 0 bridgehead atoms. The Morgan fingerprint density at radius 3 is 2.45 bits per heavy atom. The van der Waals surface area contributed by atoms with Crippen LogP contribution < -0.4 is 20.1 Å². The Morgan fingerprint density at radius 1 is 1.23 bits per heavy atom. The van der Waals surface area contributed by atoms with E-state index in [1.165, 1.54) is 19.2 Å². The molecule has 0 aliphatic rings. The summed E-state index contributed by atoms with van der Waals surface area (Å²) in [5.41, 5.74) is 0.0776. The Hall–Kier alpha value is -2.38. The molecule has 1 aromatic carbocycles. The van der Waals surface area contributed by atoms with Crippen molar-refractivity contribution in [3.63, 3.8) is 0 Å². The number of hydrogen-bond acceptors (Lipinski definition) is 4. The second-order valence-electron chi connectivity index (χ2n) is 4.65. The summed E-state index contributed by atoms with van der Waals surface area (Å²) >= 11 is 0. The van der Waals surface area contributed by atoms with Crippen LogP contribution in [0.3, 0.4) is 0 Å². The lowest BCUT2D eigenvalue weighted by atomic mass is 10.2. The van der Waals surface area contributed by atoms with Gasteiger partial charge in [0.25, 0.3) is 5.91 Å². The Labute approximate surface area is 126 Å². The van der Waals surface area contributed by atoms with Crippen molar-refractivity contribution >= 4 is 11.8 Å². The molecule has 22 heavy (non-hydrogen) atoms. The van der Waals surface area contributed by atoms with E-state index in [9.17, 15) is 18.4 Å². The Bertz CT molecular complexity index is 536. The van der Waals surface area contributed by atoms with E-state index in [1.54, 1.807) is 13.8 Å². The Balaban J connectivity index is 2.75. The standard InChI is InChI=1S/C14H18F2N2O4/c1-8(2)18-12(19)7-17-13(20)9-4-5-10(21-3)11(6-9)22-14(15)16/h4-6,8,14H,7H2,1-3H3,(H,17,20)(H,18,19). The van der Waals surface area contributed by atoms with Crippen LogP contribution in [0.25, 0.3) is 0 Å². The maximum absolute atomic E-state index is 12.3. The lowest BCUT2D eigenvalue weighted by Gasteiger charge is -2.12. The van der Waals surface area contributed by atoms with E-state index in [4.69, 9.17) is 4.74 Å². The predicted octanol–water partition coefficient (Wildman–Crippen LogP) is 1.55. The highest BCUT2D eigenvalue weighted by molar-refractivity contribution is 5.97. The molecular weight excluding hydrogens is 298 g/mol. The van der Waals surface area contributed by atoms with Crippen LogP contribution in [0.4, 0.5) is 8.78 Å². The zero-order chi connectivity index (χ0) is 16.7. The molecular formula is C14H18F2N2O4. The minimum atomic E-state index is -3.04. The van der Waals surface area contributed by atoms with Gasteiger partial charge < -0.3 is 20.1 Å². The van der Waals surface area contributed by atoms with E-state index in [1.807, 2.05) is 0 Å². The van der Waals surface area contributed by atoms with Gasteiger partial charge in [0.05, 0.1) is 13.7 Å². The summed E-state index contributed by atoms with van der Waals surface area (Å²) in [4.78, 5) is 23.3. The number of nitrogens with one attached hydrogen (secondary N) is 2. The number of hydrogen-bond donors (Lipinski definition) is 2. The normalized spacial score (nSPS) is 10.5. The summed E-state index contributed by atoms with van der Waals surface area (Å²) in [7, 11) is 1.30. The number of alkyl halides is 2. The van der Waals surface area contributed by atoms with Crippen molar-refractivity contribution in [1.29, 1.82) is 0 Å². The lowest BCUT2D eigenvalue weighted by molar-refractivity contribution is -0.120. The first kappa shape index (κ1) is 17.7. The molecule has 0 aliphatic carbocycles. The smallest absolute Gasteiger partial charge is 0.387 e. The van der Waals surface area contributed by atoms with Crippen LogP contribution in [0.1, 0.15) is 24.2 Å². The van der Waals surface area contributed by atoms with Crippen LogP contribution in [-0.4, -0.2) is 38.1 Å². The van der Waals surface area contributed by atoms with Crippen LogP contribution in [-0.2, 0) is 4.79 Å². The van der Waals surface area contributed by atoms with Crippen LogP contribution >= 0.6 is 0 Å². The highest BCUT2D eigenvalue weighted by Gasteiger charge is 2.15. The van der Waals surface area contributed by atoms with Gasteiger partial charge in [-0.25, -0.2) is 0 Å². The number of halogens is 2. The molecule has 0 aromatic heterocycles. The van der Waals surface area contributed by atoms with E-state index >= 15 is 0 Å². The van der Waals surface area contributed by atoms with E-state index in [0.717, 1.165) is 6.07 Å². The van der Waals surface area contributed by atoms with Gasteiger partial charge in [0.2, 0.25) is 5.91 Å². The minimum Gasteiger partial charge on any atom is -0.493 e. The van der Waals surface area contributed by atoms with E-state index in [-0.39, 0.29) is 35.6 Å². The molecule has 0 radical (unpaired) electrons. The average Bonchev–Trinajstić information content (AvgIpc) is 2.43. The Kier molecular flexibility index (Phi) is 6.55. The van der Waals surface area contributed by atoms with Gasteiger partial charge in [-0.05, 0) is 32.0 Å². The minimum absolute atomic E-state index is 0.0450. The van der Waals surface area contributed by atoms with Gasteiger partial charge in [-0.1, -0.05) is 0 Å². The maximum Gasteiger partial charge on any atom is 0.387 e. The van der Waals surface area contributed by atoms with Gasteiger partial charge in [0.15, 0.2) is 11.5 Å². The van der Waals surface area contributed by atoms with Gasteiger partial charge in [-0.3, -0.25) is 9.59 Å². The molecule has 1 aromatic rings. The second kappa shape index (κ2) is 8.16. The van der Waals surface area contributed by atoms with Crippen molar-refractivity contribution in [2.75, 3.05) is 13.7 Å². The van der Waals surface area contributed by atoms with Crippen molar-refractivity contribution in [3.8, 4) is 11.5 Å². The number of ether oxygens (including phenoxy) is 2. The molecule has 2 amide bonds. The number of amides is 2. The van der Waals surface area contributed by atoms with Crippen LogP contribution in [0.5, 0.6) is 11.5 Å². The molecule has 0 saturated carbocycles. The van der Waals surface area contributed by atoms with E-state index in [2.05, 4.69) is 15.4 Å². The number of carbonyl (C=O) groups excluding carboxylic acids is 2. The van der Waals surface area contributed by atoms with Crippen LogP contribution in [0.2, 0.25) is 0 Å². The number of carbonyl (C=O) groups is 2. The molecule has 1 rings (SSSR count). The van der Waals surface area contributed by atoms with Crippen molar-refractivity contribution in [2.45, 2.75) is 26.5 Å². The molecule has 0 spiro atoms. The van der Waals surface area contributed by atoms with Gasteiger partial charge in [-0.15, -0.1) is 0 Å². The molecule has 8 heteroatoms. The molecule has 122 valence electrons. The Morgan fingerprint density at radius 2 is 1.91 bits per heavy atom. The molecule has 2 N–H and O–H groups in total. The first-order valence-corrected chi connectivity index (χ1v) is 6.54. The van der Waals surface area contributed by atoms with Crippen molar-refractivity contribution in [2.24, 2.45) is 0 Å². The SMILES string of the molecule is COc1ccc(C(=O)NCC(=O)NC(C)C)cc1OC(F)F. The average molecular weight is 316 g/mol. The fraction of sp³-hybridized carbons (Fsp3) is 0.429. The van der Waals surface area contributed by atoms with E-state index in [0.29, 0.717) is 0 Å². The summed E-state index contributed by atoms with van der Waals surface area (Å²) in [6, 6.07) is 3.80. The van der Waals surface area contributed by atoms with Gasteiger partial charge in [0.1, 0.15) is 0 Å². The highest BCUT2D eigenvalue weighted by Crippen LogP contribution is 2.29. The van der Waals surface area contributed by atoms with Gasteiger partial charge in [0, 0.05) is 11.6 Å². The predicted molar refractivity (Wildman–Crippen MR) is 75.2 cm³/mol. The number of methoxy groups -OCH3 is 1. The van der Waals surface area contributed by atoms with Gasteiger partial charge in [-0.2, -0.15) is 8.78 Å². The first-order valence-electron chi connectivity index (χ1n) is 6.54. The fourth-order valence-electron chi connectivity index (χ4n) is 1.64. The second-order valence-corrected chi connectivity index (χ2v) is 4.65. The summed E-state index contributed by atoms with van der Waals surface area (Å²) in [6.07, 6.45) is 0. The first-order chi connectivity index (χ1) is 10.3. The molecule has 0 heterocycles. The molecule has 6 nitrogen and oxygen atoms in total. The maximum atomic E-state index is 12.3. The third kappa shape index (κ3) is 5.55. The quantitative estimate of drug-likeness (QED) is 0.800. The molecule has 0 atom stereocenters. The summed E-state index contributed by atoms with van der Waals surface area (Å²) < 4.78 is 33.8. The zero-order valence-electron chi connectivity index (χ0n) is 12.5. The topological polar surface area (TPSA) is 76.7 Å². The molecule has 0 saturated heterocycles. The molecule has 0 aliphatic heterocycles. The largest absolute Gasteiger partial charge is 0.493 e. The monoisotopic (exact) mass is 316 g/mol.